The van der Waals surface area contributed by atoms with E-state index in [4.69, 9.17) is 0 Å². The van der Waals surface area contributed by atoms with E-state index in [1.807, 2.05) is 32.9 Å². The van der Waals surface area contributed by atoms with Crippen LogP contribution in [0.1, 0.15) is 106 Å². The average molecular weight is 691 g/mol. The number of allylic oxidation sites excluding steroid dienone is 10. The molecule has 6 heteroatoms. The van der Waals surface area contributed by atoms with Gasteiger partial charge in [-0.3, -0.25) is 0 Å². The van der Waals surface area contributed by atoms with Crippen LogP contribution in [0.3, 0.4) is 0 Å². The number of rotatable bonds is 20. The first kappa shape index (κ1) is 41.0. The molecule has 4 nitrogen and oxygen atoms in total. The first-order chi connectivity index (χ1) is 22.7. The summed E-state index contributed by atoms with van der Waals surface area (Å²) in [7, 11) is -6.94. The van der Waals surface area contributed by atoms with Gasteiger partial charge in [-0.25, -0.2) is 16.8 Å². The van der Waals surface area contributed by atoms with Crippen molar-refractivity contribution in [2.75, 3.05) is 5.75 Å². The Hall–Kier alpha value is -3.22. The molecule has 0 bridgehead atoms. The van der Waals surface area contributed by atoms with Crippen molar-refractivity contribution in [2.24, 2.45) is 0 Å². The highest BCUT2D eigenvalue weighted by atomic mass is 32.2. The SMILES string of the molecule is CC(C)=CCC/C(C)=C/CC/C(C)=C/CC/C(C)=C/C(C/C(C)=C/CC/C(C)=C/CS(=O)(=O)c1ccccc1)S(=O)(=O)c1ccccc1. The maximum Gasteiger partial charge on any atom is 0.185 e. The minimum atomic E-state index is -3.58. The minimum absolute atomic E-state index is 0.0324. The summed E-state index contributed by atoms with van der Waals surface area (Å²) in [6.45, 7) is 14.6. The Morgan fingerprint density at radius 2 is 0.938 bits per heavy atom. The molecule has 0 aliphatic carbocycles. The van der Waals surface area contributed by atoms with Gasteiger partial charge in [0, 0.05) is 0 Å². The summed E-state index contributed by atoms with van der Waals surface area (Å²) in [5, 5.41) is -0.659. The van der Waals surface area contributed by atoms with Gasteiger partial charge in [0.25, 0.3) is 0 Å². The molecule has 0 aromatic heterocycles. The van der Waals surface area contributed by atoms with Gasteiger partial charge in [0.05, 0.1) is 20.8 Å². The van der Waals surface area contributed by atoms with Crippen molar-refractivity contribution in [3.05, 3.63) is 131 Å². The van der Waals surface area contributed by atoms with Gasteiger partial charge in [0.2, 0.25) is 0 Å². The van der Waals surface area contributed by atoms with Crippen LogP contribution in [0.15, 0.2) is 140 Å². The first-order valence-electron chi connectivity index (χ1n) is 17.2. The predicted octanol–water partition coefficient (Wildman–Crippen LogP) is 11.5. The number of sulfone groups is 2. The van der Waals surface area contributed by atoms with E-state index in [-0.39, 0.29) is 5.75 Å². The van der Waals surface area contributed by atoms with Crippen molar-refractivity contribution in [3.8, 4) is 0 Å². The summed E-state index contributed by atoms with van der Waals surface area (Å²) in [6, 6.07) is 17.2. The lowest BCUT2D eigenvalue weighted by atomic mass is 10.0. The normalized spacial score (nSPS) is 14.6. The van der Waals surface area contributed by atoms with E-state index in [0.29, 0.717) is 29.1 Å². The molecule has 1 atom stereocenters. The molecule has 0 saturated carbocycles. The van der Waals surface area contributed by atoms with Crippen LogP contribution < -0.4 is 0 Å². The Bertz CT molecular complexity index is 1680. The minimum Gasteiger partial charge on any atom is -0.223 e. The zero-order valence-corrected chi connectivity index (χ0v) is 32.0. The highest BCUT2D eigenvalue weighted by Crippen LogP contribution is 2.25. The predicted molar refractivity (Wildman–Crippen MR) is 206 cm³/mol. The highest BCUT2D eigenvalue weighted by Gasteiger charge is 2.26. The van der Waals surface area contributed by atoms with E-state index in [9.17, 15) is 16.8 Å². The van der Waals surface area contributed by atoms with E-state index in [2.05, 4.69) is 52.0 Å². The second kappa shape index (κ2) is 21.0. The van der Waals surface area contributed by atoms with E-state index in [1.54, 1.807) is 60.7 Å². The maximum absolute atomic E-state index is 13.8. The van der Waals surface area contributed by atoms with Gasteiger partial charge in [0.15, 0.2) is 19.7 Å². The fourth-order valence-electron chi connectivity index (χ4n) is 5.35. The Morgan fingerprint density at radius 3 is 1.44 bits per heavy atom. The lowest BCUT2D eigenvalue weighted by molar-refractivity contribution is 0.586. The lowest BCUT2D eigenvalue weighted by Crippen LogP contribution is -2.20. The van der Waals surface area contributed by atoms with Crippen LogP contribution in [-0.2, 0) is 19.7 Å². The van der Waals surface area contributed by atoms with Crippen molar-refractivity contribution in [1.82, 2.24) is 0 Å². The third kappa shape index (κ3) is 15.8. The van der Waals surface area contributed by atoms with E-state index >= 15 is 0 Å². The van der Waals surface area contributed by atoms with Crippen molar-refractivity contribution >= 4 is 19.7 Å². The number of benzene rings is 2. The molecule has 0 fully saturated rings. The van der Waals surface area contributed by atoms with Crippen LogP contribution in [0.5, 0.6) is 0 Å². The molecule has 2 aromatic rings. The summed E-state index contributed by atoms with van der Waals surface area (Å²) in [5.41, 5.74) is 7.25. The smallest absolute Gasteiger partial charge is 0.185 e. The molecule has 48 heavy (non-hydrogen) atoms. The molecule has 0 heterocycles. The second-order valence-corrected chi connectivity index (χ2v) is 17.5. The molecular weight excluding hydrogens is 633 g/mol. The van der Waals surface area contributed by atoms with Crippen LogP contribution in [-0.4, -0.2) is 27.8 Å². The quantitative estimate of drug-likeness (QED) is 0.130. The van der Waals surface area contributed by atoms with Gasteiger partial charge in [0.1, 0.15) is 0 Å². The molecule has 0 amide bonds. The highest BCUT2D eigenvalue weighted by molar-refractivity contribution is 7.92. The second-order valence-electron chi connectivity index (χ2n) is 13.3. The van der Waals surface area contributed by atoms with Crippen LogP contribution in [0.4, 0.5) is 0 Å². The summed E-state index contributed by atoms with van der Waals surface area (Å²) in [6.07, 6.45) is 20.6. The molecule has 0 spiro atoms. The van der Waals surface area contributed by atoms with Gasteiger partial charge in [-0.1, -0.05) is 106 Å². The Morgan fingerprint density at radius 1 is 0.521 bits per heavy atom. The molecule has 0 N–H and O–H groups in total. The van der Waals surface area contributed by atoms with Gasteiger partial charge >= 0.3 is 0 Å². The molecule has 262 valence electrons. The monoisotopic (exact) mass is 690 g/mol. The Balaban J connectivity index is 2.04. The van der Waals surface area contributed by atoms with Crippen molar-refractivity contribution < 1.29 is 16.8 Å². The first-order valence-corrected chi connectivity index (χ1v) is 20.4. The summed E-state index contributed by atoms with van der Waals surface area (Å²) in [5.74, 6) is -0.0324. The Kier molecular flexibility index (Phi) is 17.9. The largest absolute Gasteiger partial charge is 0.223 e. The number of hydrogen-bond donors (Lipinski definition) is 0. The van der Waals surface area contributed by atoms with Crippen molar-refractivity contribution in [2.45, 2.75) is 121 Å². The van der Waals surface area contributed by atoms with Crippen LogP contribution in [0.2, 0.25) is 0 Å². The van der Waals surface area contributed by atoms with E-state index in [1.165, 1.54) is 16.7 Å². The zero-order chi connectivity index (χ0) is 35.6. The molecule has 0 aliphatic rings. The van der Waals surface area contributed by atoms with E-state index in [0.717, 1.165) is 55.2 Å². The molecule has 0 saturated heterocycles. The zero-order valence-electron chi connectivity index (χ0n) is 30.3. The lowest BCUT2D eigenvalue weighted by Gasteiger charge is -2.16. The summed E-state index contributed by atoms with van der Waals surface area (Å²) >= 11 is 0. The fourth-order valence-corrected chi connectivity index (χ4v) is 8.40. The average Bonchev–Trinajstić information content (AvgIpc) is 3.04. The summed E-state index contributed by atoms with van der Waals surface area (Å²) < 4.78 is 52.8. The molecule has 2 rings (SSSR count). The van der Waals surface area contributed by atoms with E-state index < -0.39 is 24.9 Å². The van der Waals surface area contributed by atoms with Gasteiger partial charge in [-0.15, -0.1) is 0 Å². The van der Waals surface area contributed by atoms with Crippen LogP contribution >= 0.6 is 0 Å². The molecule has 0 aliphatic heterocycles. The summed E-state index contributed by atoms with van der Waals surface area (Å²) in [4.78, 5) is 0.666. The molecular formula is C42H58O4S2. The maximum atomic E-state index is 13.8. The Labute approximate surface area is 293 Å². The molecule has 1 unspecified atom stereocenters. The van der Waals surface area contributed by atoms with Gasteiger partial charge in [-0.2, -0.15) is 0 Å². The number of hydrogen-bond acceptors (Lipinski definition) is 4. The molecule has 0 radical (unpaired) electrons. The van der Waals surface area contributed by atoms with Gasteiger partial charge in [-0.05, 0) is 131 Å². The third-order valence-corrected chi connectivity index (χ3v) is 12.0. The standard InChI is InChI=1S/C42H58O4S2/c1-34(2)18-14-19-35(3)20-15-21-36(4)22-16-24-38(6)32-42(48(45,46)41-28-12-9-13-29-41)33-39(7)25-17-23-37(5)30-31-47(43,44)40-26-10-8-11-27-40/h8-13,18,20,22,25-30,32,42H,14-17,19,21,23-24,31,33H2,1-7H3/b35-20+,36-22+,37-30+,38-32+,39-25+. The van der Waals surface area contributed by atoms with Gasteiger partial charge < -0.3 is 0 Å². The fraction of sp³-hybridized carbons (Fsp3) is 0.429. The van der Waals surface area contributed by atoms with Crippen molar-refractivity contribution in [1.29, 1.82) is 0 Å². The van der Waals surface area contributed by atoms with Crippen LogP contribution in [0.25, 0.3) is 0 Å². The third-order valence-electron chi connectivity index (χ3n) is 8.40. The topological polar surface area (TPSA) is 68.3 Å². The molecule has 2 aromatic carbocycles. The van der Waals surface area contributed by atoms with Crippen molar-refractivity contribution in [3.63, 3.8) is 0 Å². The van der Waals surface area contributed by atoms with Crippen LogP contribution in [0, 0.1) is 0 Å².